The summed E-state index contributed by atoms with van der Waals surface area (Å²) in [5.74, 6) is 0. The van der Waals surface area contributed by atoms with E-state index in [4.69, 9.17) is 0 Å². The van der Waals surface area contributed by atoms with E-state index in [1.807, 2.05) is 0 Å². The van der Waals surface area contributed by atoms with E-state index in [1.54, 1.807) is 0 Å². The molecule has 0 heterocycles. The second-order valence-corrected chi connectivity index (χ2v) is 26.9. The van der Waals surface area contributed by atoms with Crippen molar-refractivity contribution in [3.8, 4) is 0 Å². The topological polar surface area (TPSA) is 0 Å². The molecule has 0 aromatic rings. The monoisotopic (exact) mass is 876 g/mol. The molecule has 0 saturated carbocycles. The van der Waals surface area contributed by atoms with Crippen LogP contribution in [-0.2, 0) is 36.4 Å². The molecule has 0 nitrogen and oxygen atoms in total. The van der Waals surface area contributed by atoms with Gasteiger partial charge in [0.05, 0.1) is 0 Å². The number of hydrogen-bond donors (Lipinski definition) is 0. The van der Waals surface area contributed by atoms with Gasteiger partial charge in [0, 0.05) is 0 Å². The summed E-state index contributed by atoms with van der Waals surface area (Å²) in [6.45, 7) is 45.8. The number of halogens is 2. The fourth-order valence-corrected chi connectivity index (χ4v) is 16.2. The van der Waals surface area contributed by atoms with Crippen molar-refractivity contribution >= 4 is 50.7 Å². The molecule has 0 N–H and O–H groups in total. The van der Waals surface area contributed by atoms with Crippen molar-refractivity contribution in [1.82, 2.24) is 0 Å². The normalized spacial score (nSPS) is 11.6. The Morgan fingerprint density at radius 3 is 0.610 bits per heavy atom. The van der Waals surface area contributed by atoms with Crippen molar-refractivity contribution in [3.63, 3.8) is 0 Å². The molecule has 0 saturated heterocycles. The SMILES string of the molecule is CC(C)P(CCCP(C(C)C)C(C)C)C(C)C.[CH2-]CCP(C(C)C)C(C)C.[CH2-]CCP(C(C)C)C(C)C.[Cl][Pd+].[Cl][Pd+]. The van der Waals surface area contributed by atoms with E-state index in [0.717, 1.165) is 58.1 Å². The molecule has 8 heteroatoms. The molecule has 0 spiro atoms. The van der Waals surface area contributed by atoms with Crippen LogP contribution in [0.5, 0.6) is 0 Å². The zero-order valence-corrected chi connectivity index (χ0v) is 38.4. The molecule has 0 bridgehead atoms. The summed E-state index contributed by atoms with van der Waals surface area (Å²) in [6.07, 6.45) is 9.41. The summed E-state index contributed by atoms with van der Waals surface area (Å²) in [4.78, 5) is 0. The van der Waals surface area contributed by atoms with Gasteiger partial charge in [0.2, 0.25) is 0 Å². The molecule has 0 atom stereocenters. The molecule has 0 unspecified atom stereocenters. The van der Waals surface area contributed by atoms with Crippen LogP contribution >= 0.6 is 50.7 Å². The van der Waals surface area contributed by atoms with Crippen molar-refractivity contribution in [2.75, 3.05) is 24.6 Å². The van der Waals surface area contributed by atoms with Gasteiger partial charge in [-0.1, -0.05) is 123 Å². The maximum absolute atomic E-state index is 4.49. The zero-order valence-electron chi connectivity index (χ0n) is 30.2. The predicted molar refractivity (Wildman–Crippen MR) is 205 cm³/mol. The Balaban J connectivity index is -0.000000156. The molecular formula is C33H74Cl2P4Pd2. The maximum atomic E-state index is 4.49. The summed E-state index contributed by atoms with van der Waals surface area (Å²) in [5.41, 5.74) is 7.19. The molecule has 0 aliphatic carbocycles. The van der Waals surface area contributed by atoms with Crippen LogP contribution < -0.4 is 0 Å². The molecule has 0 rings (SSSR count). The van der Waals surface area contributed by atoms with Crippen LogP contribution in [-0.4, -0.2) is 69.9 Å². The Morgan fingerprint density at radius 1 is 0.366 bits per heavy atom. The number of rotatable bonds is 16. The summed E-state index contributed by atoms with van der Waals surface area (Å²) in [7, 11) is 10.0. The van der Waals surface area contributed by atoms with E-state index >= 15 is 0 Å². The van der Waals surface area contributed by atoms with Crippen LogP contribution in [0.1, 0.15) is 130 Å². The van der Waals surface area contributed by atoms with Gasteiger partial charge in [0.15, 0.2) is 0 Å². The van der Waals surface area contributed by atoms with Gasteiger partial charge in [0.1, 0.15) is 0 Å². The van der Waals surface area contributed by atoms with E-state index in [1.165, 1.54) is 31.1 Å². The Morgan fingerprint density at radius 2 is 0.512 bits per heavy atom. The fourth-order valence-electron chi connectivity index (χ4n) is 5.25. The van der Waals surface area contributed by atoms with E-state index in [2.05, 4.69) is 180 Å². The molecule has 41 heavy (non-hydrogen) atoms. The molecule has 0 radical (unpaired) electrons. The summed E-state index contributed by atoms with van der Waals surface area (Å²) in [5, 5.41) is 0. The van der Waals surface area contributed by atoms with E-state index < -0.39 is 0 Å². The van der Waals surface area contributed by atoms with Crippen LogP contribution in [0.2, 0.25) is 0 Å². The number of hydrogen-bond acceptors (Lipinski definition) is 0. The van der Waals surface area contributed by atoms with Gasteiger partial charge in [-0.05, 0) is 64.0 Å². The summed E-state index contributed by atoms with van der Waals surface area (Å²) < 4.78 is 0. The third-order valence-corrected chi connectivity index (χ3v) is 20.9. The van der Waals surface area contributed by atoms with Gasteiger partial charge in [0.25, 0.3) is 0 Å². The average Bonchev–Trinajstić information content (AvgIpc) is 2.87. The predicted octanol–water partition coefficient (Wildman–Crippen LogP) is 14.4. The van der Waals surface area contributed by atoms with Gasteiger partial charge in [-0.2, -0.15) is 12.8 Å². The Kier molecular flexibility index (Phi) is 48.1. The van der Waals surface area contributed by atoms with Crippen LogP contribution in [0.3, 0.4) is 0 Å². The van der Waals surface area contributed by atoms with E-state index in [-0.39, 0.29) is 31.7 Å². The first-order valence-corrected chi connectivity index (χ1v) is 26.5. The Bertz CT molecular complexity index is 418. The van der Waals surface area contributed by atoms with Gasteiger partial charge >= 0.3 is 55.4 Å². The van der Waals surface area contributed by atoms with Gasteiger partial charge in [-0.15, -0.1) is 31.7 Å². The quantitative estimate of drug-likeness (QED) is 0.0823. The molecule has 0 aliphatic heterocycles. The standard InChI is InChI=1S/C15H34P2.2C9H20P.2ClH.2Pd/c1-12(2)16(13(3)4)10-9-11-17(14(5)6)15(7)8;2*1-6-7-10(8(2)3)9(4)5;;;;/h12-15H,9-11H2,1-8H3;2*8-9H,1,6-7H2,2-5H3;2*1H;;/q;2*-1;;;2*+2/p-2. The second-order valence-electron chi connectivity index (χ2n) is 12.8. The molecule has 0 amide bonds. The van der Waals surface area contributed by atoms with Gasteiger partial charge < -0.3 is 13.8 Å². The first-order valence-electron chi connectivity index (χ1n) is 15.8. The minimum atomic E-state index is 0.259. The fraction of sp³-hybridized carbons (Fsp3) is 0.939. The van der Waals surface area contributed by atoms with Crippen molar-refractivity contribution in [3.05, 3.63) is 13.8 Å². The first-order chi connectivity index (χ1) is 19.0. The van der Waals surface area contributed by atoms with Crippen molar-refractivity contribution in [2.24, 2.45) is 0 Å². The zero-order chi connectivity index (χ0) is 33.9. The molecule has 0 aromatic heterocycles. The van der Waals surface area contributed by atoms with Gasteiger partial charge in [-0.3, -0.25) is 0 Å². The first kappa shape index (κ1) is 54.1. The Hall–Kier alpha value is 3.62. The molecule has 0 aromatic carbocycles. The van der Waals surface area contributed by atoms with Crippen molar-refractivity contribution in [2.45, 2.75) is 175 Å². The molecular weight excluding hydrogens is 804 g/mol. The molecule has 0 fully saturated rings. The minimum absolute atomic E-state index is 0.259. The van der Waals surface area contributed by atoms with Crippen LogP contribution in [0.25, 0.3) is 0 Å². The van der Waals surface area contributed by atoms with Gasteiger partial charge in [-0.25, -0.2) is 0 Å². The molecule has 0 aliphatic rings. The summed E-state index contributed by atoms with van der Waals surface area (Å²) >= 11 is 4.44. The van der Waals surface area contributed by atoms with Crippen LogP contribution in [0.4, 0.5) is 0 Å². The molecule has 260 valence electrons. The second kappa shape index (κ2) is 36.5. The van der Waals surface area contributed by atoms with Crippen molar-refractivity contribution < 1.29 is 36.4 Å². The van der Waals surface area contributed by atoms with E-state index in [9.17, 15) is 0 Å². The van der Waals surface area contributed by atoms with Crippen LogP contribution in [0, 0.1) is 13.8 Å². The third-order valence-electron chi connectivity index (χ3n) is 6.97. The van der Waals surface area contributed by atoms with Crippen molar-refractivity contribution in [1.29, 1.82) is 0 Å². The van der Waals surface area contributed by atoms with Crippen LogP contribution in [0.15, 0.2) is 0 Å². The Labute approximate surface area is 298 Å². The average molecular weight is 879 g/mol. The third kappa shape index (κ3) is 33.3. The summed E-state index contributed by atoms with van der Waals surface area (Å²) in [6, 6.07) is 0. The van der Waals surface area contributed by atoms with E-state index in [0.29, 0.717) is 0 Å².